The maximum atomic E-state index is 15.2. The topological polar surface area (TPSA) is 76.1 Å². The van der Waals surface area contributed by atoms with Crippen molar-refractivity contribution in [1.82, 2.24) is 25.3 Å². The molecule has 4 aromatic rings. The fraction of sp³-hybridized carbons (Fsp3) is 0.333. The maximum absolute atomic E-state index is 15.2. The van der Waals surface area contributed by atoms with Crippen molar-refractivity contribution in [2.24, 2.45) is 0 Å². The molecule has 1 atom stereocenters. The van der Waals surface area contributed by atoms with Crippen LogP contribution in [0, 0.1) is 11.6 Å². The fourth-order valence-corrected chi connectivity index (χ4v) is 5.19. The van der Waals surface area contributed by atoms with Crippen LogP contribution in [0.15, 0.2) is 43.0 Å². The highest BCUT2D eigenvalue weighted by atomic mass is 19.1. The predicted octanol–water partition coefficient (Wildman–Crippen LogP) is 4.00. The highest BCUT2D eigenvalue weighted by Gasteiger charge is 2.25. The van der Waals surface area contributed by atoms with Crippen molar-refractivity contribution in [3.05, 3.63) is 77.1 Å². The number of halogens is 2. The van der Waals surface area contributed by atoms with Crippen LogP contribution >= 0.6 is 0 Å². The molecule has 1 N–H and O–H groups in total. The third-order valence-electron chi connectivity index (χ3n) is 7.13. The Morgan fingerprint density at radius 2 is 1.81 bits per heavy atom. The van der Waals surface area contributed by atoms with Gasteiger partial charge in [0.2, 0.25) is 0 Å². The molecule has 7 nitrogen and oxygen atoms in total. The summed E-state index contributed by atoms with van der Waals surface area (Å²) in [6.45, 7) is 6.35. The van der Waals surface area contributed by atoms with Gasteiger partial charge in [0.1, 0.15) is 24.3 Å². The van der Waals surface area contributed by atoms with E-state index in [1.807, 2.05) is 25.1 Å². The maximum Gasteiger partial charge on any atom is 0.135 e. The number of rotatable bonds is 4. The van der Waals surface area contributed by atoms with Gasteiger partial charge in [-0.3, -0.25) is 0 Å². The number of fused-ring (bicyclic) bond motifs is 2. The van der Waals surface area contributed by atoms with Gasteiger partial charge in [0.25, 0.3) is 0 Å². The Kier molecular flexibility index (Phi) is 6.02. The van der Waals surface area contributed by atoms with E-state index in [2.05, 4.69) is 30.2 Å². The summed E-state index contributed by atoms with van der Waals surface area (Å²) < 4.78 is 35.8. The Hall–Kier alpha value is -3.56. The lowest BCUT2D eigenvalue weighted by atomic mass is 9.89. The third-order valence-corrected chi connectivity index (χ3v) is 7.13. The fourth-order valence-electron chi connectivity index (χ4n) is 5.19. The van der Waals surface area contributed by atoms with E-state index in [0.717, 1.165) is 54.8 Å². The first-order valence-electron chi connectivity index (χ1n) is 12.2. The molecular formula is C27H26F2N6O. The second-order valence-corrected chi connectivity index (χ2v) is 9.21. The lowest BCUT2D eigenvalue weighted by Crippen LogP contribution is -2.36. The Balaban J connectivity index is 1.42. The molecule has 1 saturated heterocycles. The number of nitrogens with zero attached hydrogens (tertiary/aromatic N) is 5. The molecule has 36 heavy (non-hydrogen) atoms. The van der Waals surface area contributed by atoms with Gasteiger partial charge in [0.15, 0.2) is 0 Å². The number of anilines is 1. The third kappa shape index (κ3) is 4.08. The van der Waals surface area contributed by atoms with Crippen LogP contribution in [0.3, 0.4) is 0 Å². The highest BCUT2D eigenvalue weighted by molar-refractivity contribution is 5.94. The number of hydrogen-bond donors (Lipinski definition) is 1. The van der Waals surface area contributed by atoms with Gasteiger partial charge >= 0.3 is 0 Å². The van der Waals surface area contributed by atoms with Crippen LogP contribution in [0.25, 0.3) is 22.2 Å². The molecule has 0 amide bonds. The predicted molar refractivity (Wildman–Crippen MR) is 133 cm³/mol. The number of hydrogen-bond acceptors (Lipinski definition) is 7. The largest absolute Gasteiger partial charge is 0.378 e. The van der Waals surface area contributed by atoms with Gasteiger partial charge in [-0.2, -0.15) is 0 Å². The first-order chi connectivity index (χ1) is 17.6. The van der Waals surface area contributed by atoms with Gasteiger partial charge in [0.05, 0.1) is 35.8 Å². The van der Waals surface area contributed by atoms with Crippen LogP contribution in [0.5, 0.6) is 0 Å². The molecule has 184 valence electrons. The first kappa shape index (κ1) is 22.9. The second-order valence-electron chi connectivity index (χ2n) is 9.21. The molecule has 2 aliphatic heterocycles. The van der Waals surface area contributed by atoms with Crippen LogP contribution in [-0.4, -0.2) is 52.8 Å². The zero-order chi connectivity index (χ0) is 24.6. The summed E-state index contributed by atoms with van der Waals surface area (Å²) in [5.74, 6) is -1.63. The lowest BCUT2D eigenvalue weighted by Gasteiger charge is -2.29. The molecule has 1 unspecified atom stereocenters. The average molecular weight is 489 g/mol. The molecule has 0 bridgehead atoms. The van der Waals surface area contributed by atoms with E-state index in [1.165, 1.54) is 12.7 Å². The molecule has 2 aromatic heterocycles. The highest BCUT2D eigenvalue weighted by Crippen LogP contribution is 2.36. The summed E-state index contributed by atoms with van der Waals surface area (Å²) in [5, 5.41) is 4.01. The molecule has 0 aliphatic carbocycles. The molecule has 6 rings (SSSR count). The van der Waals surface area contributed by atoms with E-state index >= 15 is 8.78 Å². The standard InChI is InChI=1S/C27H26F2N6O/c1-16(26-19-4-5-30-13-25(19)32-15-33-26)20-11-21(23(29)12-22(20)28)27-18-3-2-17(10-24(18)31-14-34-27)35-6-8-36-9-7-35/h2-3,10-12,14-16,30H,4-9,13H2,1H3. The van der Waals surface area contributed by atoms with Crippen molar-refractivity contribution < 1.29 is 13.5 Å². The van der Waals surface area contributed by atoms with Crippen molar-refractivity contribution in [3.8, 4) is 11.3 Å². The molecule has 0 spiro atoms. The lowest BCUT2D eigenvalue weighted by molar-refractivity contribution is 0.122. The van der Waals surface area contributed by atoms with E-state index in [-0.39, 0.29) is 11.5 Å². The van der Waals surface area contributed by atoms with Gasteiger partial charge in [0, 0.05) is 48.3 Å². The van der Waals surface area contributed by atoms with E-state index in [9.17, 15) is 0 Å². The number of benzene rings is 2. The number of morpholine rings is 1. The van der Waals surface area contributed by atoms with Crippen LogP contribution in [-0.2, 0) is 17.7 Å². The van der Waals surface area contributed by atoms with Gasteiger partial charge < -0.3 is 15.0 Å². The molecule has 2 aromatic carbocycles. The van der Waals surface area contributed by atoms with Crippen molar-refractivity contribution in [2.45, 2.75) is 25.8 Å². The van der Waals surface area contributed by atoms with Crippen molar-refractivity contribution in [2.75, 3.05) is 37.7 Å². The second kappa shape index (κ2) is 9.48. The number of ether oxygens (including phenoxy) is 1. The van der Waals surface area contributed by atoms with Crippen LogP contribution in [0.4, 0.5) is 14.5 Å². The minimum atomic E-state index is -0.658. The molecular weight excluding hydrogens is 462 g/mol. The average Bonchev–Trinajstić information content (AvgIpc) is 2.92. The van der Waals surface area contributed by atoms with Crippen molar-refractivity contribution in [1.29, 1.82) is 0 Å². The van der Waals surface area contributed by atoms with Crippen LogP contribution in [0.2, 0.25) is 0 Å². The summed E-state index contributed by atoms with van der Waals surface area (Å²) in [6.07, 6.45) is 3.72. The minimum absolute atomic E-state index is 0.245. The molecule has 4 heterocycles. The van der Waals surface area contributed by atoms with E-state index in [1.54, 1.807) is 6.07 Å². The van der Waals surface area contributed by atoms with Crippen molar-refractivity contribution in [3.63, 3.8) is 0 Å². The normalized spacial score (nSPS) is 16.7. The van der Waals surface area contributed by atoms with Crippen LogP contribution in [0.1, 0.15) is 35.4 Å². The number of aromatic nitrogens is 4. The first-order valence-corrected chi connectivity index (χ1v) is 12.2. The van der Waals surface area contributed by atoms with Crippen molar-refractivity contribution >= 4 is 16.6 Å². The van der Waals surface area contributed by atoms with Gasteiger partial charge in [-0.25, -0.2) is 28.7 Å². The summed E-state index contributed by atoms with van der Waals surface area (Å²) in [5.41, 5.74) is 5.55. The molecule has 0 radical (unpaired) electrons. The van der Waals surface area contributed by atoms with Crippen LogP contribution < -0.4 is 10.2 Å². The minimum Gasteiger partial charge on any atom is -0.378 e. The van der Waals surface area contributed by atoms with Gasteiger partial charge in [-0.15, -0.1) is 0 Å². The molecule has 0 saturated carbocycles. The Morgan fingerprint density at radius 1 is 0.972 bits per heavy atom. The molecule has 1 fully saturated rings. The Labute approximate surface area is 207 Å². The Morgan fingerprint density at radius 3 is 2.67 bits per heavy atom. The van der Waals surface area contributed by atoms with Gasteiger partial charge in [-0.05, 0) is 48.4 Å². The number of nitrogens with one attached hydrogen (secondary N) is 1. The Bertz CT molecular complexity index is 1440. The van der Waals surface area contributed by atoms with Gasteiger partial charge in [-0.1, -0.05) is 6.92 Å². The SMILES string of the molecule is CC(c1cc(-c2ncnc3cc(N4CCOCC4)ccc23)c(F)cc1F)c1ncnc2c1CCNC2. The summed E-state index contributed by atoms with van der Waals surface area (Å²) in [4.78, 5) is 20.0. The monoisotopic (exact) mass is 488 g/mol. The zero-order valence-electron chi connectivity index (χ0n) is 20.0. The summed E-state index contributed by atoms with van der Waals surface area (Å²) in [7, 11) is 0. The zero-order valence-corrected chi connectivity index (χ0v) is 20.0. The smallest absolute Gasteiger partial charge is 0.135 e. The van der Waals surface area contributed by atoms with E-state index in [4.69, 9.17) is 4.74 Å². The van der Waals surface area contributed by atoms with E-state index in [0.29, 0.717) is 41.9 Å². The summed E-state index contributed by atoms with van der Waals surface area (Å²) in [6, 6.07) is 8.41. The van der Waals surface area contributed by atoms with E-state index < -0.39 is 11.6 Å². The molecule has 2 aliphatic rings. The summed E-state index contributed by atoms with van der Waals surface area (Å²) >= 11 is 0. The molecule has 9 heteroatoms. The quantitative estimate of drug-likeness (QED) is 0.465.